The van der Waals surface area contributed by atoms with Crippen LogP contribution in [0.4, 0.5) is 5.82 Å². The van der Waals surface area contributed by atoms with Crippen LogP contribution in [0, 0.1) is 6.92 Å². The van der Waals surface area contributed by atoms with E-state index in [9.17, 15) is 0 Å². The first kappa shape index (κ1) is 13.0. The van der Waals surface area contributed by atoms with Crippen molar-refractivity contribution in [3.05, 3.63) is 23.4 Å². The zero-order valence-electron chi connectivity index (χ0n) is 10.7. The summed E-state index contributed by atoms with van der Waals surface area (Å²) >= 11 is 7.90. The molecule has 0 atom stereocenters. The van der Waals surface area contributed by atoms with Crippen molar-refractivity contribution in [1.29, 1.82) is 0 Å². The highest BCUT2D eigenvalue weighted by molar-refractivity contribution is 8.00. The molecule has 94 valence electrons. The maximum atomic E-state index is 5.86. The molecule has 1 aromatic heterocycles. The van der Waals surface area contributed by atoms with E-state index in [1.807, 2.05) is 18.7 Å². The van der Waals surface area contributed by atoms with E-state index in [-0.39, 0.29) is 0 Å². The van der Waals surface area contributed by atoms with E-state index in [2.05, 4.69) is 35.9 Å². The van der Waals surface area contributed by atoms with Crippen molar-refractivity contribution in [1.82, 2.24) is 4.98 Å². The van der Waals surface area contributed by atoms with E-state index >= 15 is 0 Å². The van der Waals surface area contributed by atoms with Gasteiger partial charge in [-0.2, -0.15) is 11.8 Å². The Morgan fingerprint density at radius 2 is 2.24 bits per heavy atom. The molecule has 0 spiro atoms. The molecule has 0 N–H and O–H groups in total. The van der Waals surface area contributed by atoms with E-state index < -0.39 is 0 Å². The Morgan fingerprint density at radius 3 is 2.82 bits per heavy atom. The van der Waals surface area contributed by atoms with Gasteiger partial charge < -0.3 is 4.90 Å². The minimum absolute atomic E-state index is 0.318. The van der Waals surface area contributed by atoms with E-state index in [1.165, 1.54) is 5.75 Å². The number of thioether (sulfide) groups is 1. The number of alkyl halides is 1. The van der Waals surface area contributed by atoms with Gasteiger partial charge in [-0.25, -0.2) is 4.98 Å². The minimum Gasteiger partial charge on any atom is -0.354 e. The second kappa shape index (κ2) is 5.07. The molecule has 0 radical (unpaired) electrons. The van der Waals surface area contributed by atoms with Crippen molar-refractivity contribution < 1.29 is 0 Å². The topological polar surface area (TPSA) is 16.1 Å². The zero-order chi connectivity index (χ0) is 12.5. The van der Waals surface area contributed by atoms with Crippen LogP contribution >= 0.6 is 23.4 Å². The lowest BCUT2D eigenvalue weighted by Gasteiger charge is -2.38. The first-order valence-corrected chi connectivity index (χ1v) is 7.45. The molecule has 0 saturated carbocycles. The highest BCUT2D eigenvalue weighted by Crippen LogP contribution is 2.31. The molecule has 2 heterocycles. The fourth-order valence-electron chi connectivity index (χ4n) is 2.11. The fraction of sp³-hybridized carbons (Fsp3) is 0.615. The van der Waals surface area contributed by atoms with Gasteiger partial charge in [0.25, 0.3) is 0 Å². The molecule has 0 amide bonds. The average molecular weight is 271 g/mol. The molecule has 1 aliphatic heterocycles. The number of hydrogen-bond donors (Lipinski definition) is 0. The van der Waals surface area contributed by atoms with Crippen molar-refractivity contribution in [2.75, 3.05) is 23.7 Å². The van der Waals surface area contributed by atoms with Crippen molar-refractivity contribution in [3.63, 3.8) is 0 Å². The van der Waals surface area contributed by atoms with E-state index in [4.69, 9.17) is 11.6 Å². The molecule has 0 bridgehead atoms. The molecular weight excluding hydrogens is 252 g/mol. The predicted octanol–water partition coefficient (Wildman–Crippen LogP) is 3.46. The zero-order valence-corrected chi connectivity index (χ0v) is 12.2. The quantitative estimate of drug-likeness (QED) is 0.766. The first-order valence-electron chi connectivity index (χ1n) is 5.93. The SMILES string of the molecule is Cc1nc(N2CCSC(C)(C)C2)ccc1CCl. The number of halogens is 1. The third kappa shape index (κ3) is 3.08. The Labute approximate surface area is 113 Å². The van der Waals surface area contributed by atoms with Crippen LogP contribution in [-0.2, 0) is 5.88 Å². The van der Waals surface area contributed by atoms with Gasteiger partial charge in [0.1, 0.15) is 5.82 Å². The molecule has 17 heavy (non-hydrogen) atoms. The van der Waals surface area contributed by atoms with Crippen LogP contribution in [0.2, 0.25) is 0 Å². The molecule has 1 aliphatic rings. The second-order valence-corrected chi connectivity index (χ2v) is 7.15. The predicted molar refractivity (Wildman–Crippen MR) is 77.3 cm³/mol. The van der Waals surface area contributed by atoms with Gasteiger partial charge in [-0.05, 0) is 32.4 Å². The van der Waals surface area contributed by atoms with Gasteiger partial charge in [0.2, 0.25) is 0 Å². The first-order chi connectivity index (χ1) is 8.02. The smallest absolute Gasteiger partial charge is 0.128 e. The average Bonchev–Trinajstić information content (AvgIpc) is 2.27. The van der Waals surface area contributed by atoms with Crippen molar-refractivity contribution in [2.24, 2.45) is 0 Å². The highest BCUT2D eigenvalue weighted by Gasteiger charge is 2.27. The summed E-state index contributed by atoms with van der Waals surface area (Å²) in [5.74, 6) is 2.80. The van der Waals surface area contributed by atoms with Crippen LogP contribution in [-0.4, -0.2) is 28.6 Å². The van der Waals surface area contributed by atoms with Crippen LogP contribution in [0.5, 0.6) is 0 Å². The highest BCUT2D eigenvalue weighted by atomic mass is 35.5. The summed E-state index contributed by atoms with van der Waals surface area (Å²) < 4.78 is 0.318. The molecule has 2 nitrogen and oxygen atoms in total. The van der Waals surface area contributed by atoms with Crippen LogP contribution in [0.1, 0.15) is 25.1 Å². The van der Waals surface area contributed by atoms with Gasteiger partial charge in [-0.1, -0.05) is 6.07 Å². The van der Waals surface area contributed by atoms with Crippen molar-refractivity contribution in [3.8, 4) is 0 Å². The third-order valence-electron chi connectivity index (χ3n) is 3.07. The lowest BCUT2D eigenvalue weighted by molar-refractivity contribution is 0.641. The lowest BCUT2D eigenvalue weighted by Crippen LogP contribution is -2.43. The summed E-state index contributed by atoms with van der Waals surface area (Å²) in [5, 5.41) is 0. The van der Waals surface area contributed by atoms with Crippen LogP contribution in [0.25, 0.3) is 0 Å². The Balaban J connectivity index is 2.19. The molecule has 1 aromatic rings. The van der Waals surface area contributed by atoms with Gasteiger partial charge in [0.15, 0.2) is 0 Å². The maximum Gasteiger partial charge on any atom is 0.128 e. The monoisotopic (exact) mass is 270 g/mol. The molecule has 0 unspecified atom stereocenters. The number of nitrogens with zero attached hydrogens (tertiary/aromatic N) is 2. The Bertz CT molecular complexity index is 406. The number of rotatable bonds is 2. The molecule has 2 rings (SSSR count). The number of aromatic nitrogens is 1. The summed E-state index contributed by atoms with van der Waals surface area (Å²) in [6, 6.07) is 4.19. The second-order valence-electron chi connectivity index (χ2n) is 5.08. The van der Waals surface area contributed by atoms with Gasteiger partial charge in [-0.3, -0.25) is 0 Å². The minimum atomic E-state index is 0.318. The van der Waals surface area contributed by atoms with Gasteiger partial charge in [-0.15, -0.1) is 11.6 Å². The van der Waals surface area contributed by atoms with E-state index in [0.29, 0.717) is 10.6 Å². The summed E-state index contributed by atoms with van der Waals surface area (Å²) in [4.78, 5) is 7.04. The van der Waals surface area contributed by atoms with Crippen LogP contribution < -0.4 is 4.90 Å². The molecular formula is C13H19ClN2S. The third-order valence-corrected chi connectivity index (χ3v) is 4.66. The van der Waals surface area contributed by atoms with Gasteiger partial charge in [0, 0.05) is 35.2 Å². The molecule has 1 saturated heterocycles. The summed E-state index contributed by atoms with van der Waals surface area (Å²) in [5.41, 5.74) is 2.18. The summed E-state index contributed by atoms with van der Waals surface area (Å²) in [6.45, 7) is 8.77. The Hall–Kier alpha value is -0.410. The summed E-state index contributed by atoms with van der Waals surface area (Å²) in [7, 11) is 0. The fourth-order valence-corrected chi connectivity index (χ4v) is 3.50. The molecule has 0 aliphatic carbocycles. The normalized spacial score (nSPS) is 19.4. The van der Waals surface area contributed by atoms with E-state index in [0.717, 1.165) is 30.2 Å². The number of pyridine rings is 1. The number of aryl methyl sites for hydroxylation is 1. The van der Waals surface area contributed by atoms with Crippen LogP contribution in [0.3, 0.4) is 0 Å². The maximum absolute atomic E-state index is 5.86. The van der Waals surface area contributed by atoms with E-state index in [1.54, 1.807) is 0 Å². The van der Waals surface area contributed by atoms with Gasteiger partial charge >= 0.3 is 0 Å². The van der Waals surface area contributed by atoms with Crippen molar-refractivity contribution >= 4 is 29.2 Å². The lowest BCUT2D eigenvalue weighted by atomic mass is 10.1. The Kier molecular flexibility index (Phi) is 3.88. The summed E-state index contributed by atoms with van der Waals surface area (Å²) in [6.07, 6.45) is 0. The number of hydrogen-bond acceptors (Lipinski definition) is 3. The largest absolute Gasteiger partial charge is 0.354 e. The number of anilines is 1. The van der Waals surface area contributed by atoms with Crippen LogP contribution in [0.15, 0.2) is 12.1 Å². The molecule has 0 aromatic carbocycles. The standard InChI is InChI=1S/C13H19ClN2S/c1-10-11(8-14)4-5-12(15-10)16-6-7-17-13(2,3)9-16/h4-5H,6-9H2,1-3H3. The molecule has 1 fully saturated rings. The Morgan fingerprint density at radius 1 is 1.47 bits per heavy atom. The van der Waals surface area contributed by atoms with Crippen molar-refractivity contribution in [2.45, 2.75) is 31.4 Å². The van der Waals surface area contributed by atoms with Gasteiger partial charge in [0.05, 0.1) is 0 Å². The molecule has 4 heteroatoms.